The minimum Gasteiger partial charge on any atom is -0.350 e. The fourth-order valence-electron chi connectivity index (χ4n) is 2.50. The maximum atomic E-state index is 12.8. The van der Waals surface area contributed by atoms with Gasteiger partial charge in [-0.1, -0.05) is 42.0 Å². The number of nitrogens with one attached hydrogen (secondary N) is 3. The van der Waals surface area contributed by atoms with Gasteiger partial charge in [0.2, 0.25) is 5.13 Å². The summed E-state index contributed by atoms with van der Waals surface area (Å²) >= 11 is 6.49. The molecule has 3 rings (SSSR count). The number of hydrogen-bond donors (Lipinski definition) is 3. The Labute approximate surface area is 194 Å². The summed E-state index contributed by atoms with van der Waals surface area (Å²) in [4.78, 5) is 24.8. The van der Waals surface area contributed by atoms with Crippen LogP contribution in [0.1, 0.15) is 41.0 Å². The van der Waals surface area contributed by atoms with Gasteiger partial charge in [0.15, 0.2) is 0 Å². The molecule has 0 spiro atoms. The lowest BCUT2D eigenvalue weighted by molar-refractivity contribution is 0.0939. The fraction of sp³-hybridized carbons (Fsp3) is 0.200. The maximum Gasteiger partial charge on any atom is 0.291 e. The minimum absolute atomic E-state index is 0.00752. The molecule has 0 aliphatic heterocycles. The van der Waals surface area contributed by atoms with Gasteiger partial charge in [-0.05, 0) is 49.7 Å². The number of amides is 2. The van der Waals surface area contributed by atoms with Crippen LogP contribution in [0.5, 0.6) is 0 Å². The van der Waals surface area contributed by atoms with E-state index >= 15 is 0 Å². The number of halogens is 1. The molecule has 3 N–H and O–H groups in total. The molecule has 12 heteroatoms. The average Bonchev–Trinajstić information content (AvgIpc) is 3.23. The second-order valence-electron chi connectivity index (χ2n) is 6.77. The normalized spacial score (nSPS) is 12.1. The van der Waals surface area contributed by atoms with Crippen molar-refractivity contribution >= 4 is 55.6 Å². The first-order valence-electron chi connectivity index (χ1n) is 9.52. The van der Waals surface area contributed by atoms with Crippen molar-refractivity contribution < 1.29 is 18.0 Å². The van der Waals surface area contributed by atoms with E-state index in [0.29, 0.717) is 21.9 Å². The van der Waals surface area contributed by atoms with Crippen LogP contribution in [0.3, 0.4) is 0 Å². The zero-order valence-electron chi connectivity index (χ0n) is 17.1. The van der Waals surface area contributed by atoms with Crippen molar-refractivity contribution in [2.24, 2.45) is 0 Å². The van der Waals surface area contributed by atoms with Crippen molar-refractivity contribution in [3.63, 3.8) is 0 Å². The van der Waals surface area contributed by atoms with Gasteiger partial charge in [0, 0.05) is 16.6 Å². The molecular formula is C20H20ClN5O4S2. The summed E-state index contributed by atoms with van der Waals surface area (Å²) in [5, 5.41) is 13.2. The van der Waals surface area contributed by atoms with Crippen molar-refractivity contribution in [1.29, 1.82) is 0 Å². The minimum atomic E-state index is -4.14. The van der Waals surface area contributed by atoms with E-state index < -0.39 is 21.8 Å². The molecule has 0 bridgehead atoms. The molecule has 3 aromatic rings. The number of benzene rings is 2. The third-order valence-electron chi connectivity index (χ3n) is 4.37. The molecule has 1 unspecified atom stereocenters. The molecule has 0 aliphatic carbocycles. The number of carbonyl (C=O) groups excluding carboxylic acids is 2. The number of hydrogen-bond acceptors (Lipinski definition) is 7. The highest BCUT2D eigenvalue weighted by Gasteiger charge is 2.24. The molecule has 0 fully saturated rings. The van der Waals surface area contributed by atoms with Gasteiger partial charge in [-0.3, -0.25) is 19.6 Å². The first-order valence-corrected chi connectivity index (χ1v) is 12.2. The van der Waals surface area contributed by atoms with E-state index in [1.807, 2.05) is 13.8 Å². The Morgan fingerprint density at radius 1 is 1.06 bits per heavy atom. The molecule has 2 aromatic carbocycles. The molecule has 1 atom stereocenters. The smallest absolute Gasteiger partial charge is 0.291 e. The zero-order valence-corrected chi connectivity index (χ0v) is 19.5. The van der Waals surface area contributed by atoms with Gasteiger partial charge in [0.25, 0.3) is 26.2 Å². The SMILES string of the molecule is CCC(C)NC(=O)c1ccccc1NS(=O)(=O)c1nnc(NC(=O)c2ccc(Cl)cc2)s1. The first kappa shape index (κ1) is 23.6. The van der Waals surface area contributed by atoms with Crippen LogP contribution in [0, 0.1) is 0 Å². The third kappa shape index (κ3) is 5.81. The molecule has 1 aromatic heterocycles. The summed E-state index contributed by atoms with van der Waals surface area (Å²) in [6, 6.07) is 12.4. The van der Waals surface area contributed by atoms with E-state index in [2.05, 4.69) is 25.6 Å². The third-order valence-corrected chi connectivity index (χ3v) is 7.19. The number of carbonyl (C=O) groups is 2. The molecule has 9 nitrogen and oxygen atoms in total. The van der Waals surface area contributed by atoms with Crippen LogP contribution in [0.4, 0.5) is 10.8 Å². The molecule has 32 heavy (non-hydrogen) atoms. The Hall–Kier alpha value is -3.02. The topological polar surface area (TPSA) is 130 Å². The van der Waals surface area contributed by atoms with Crippen molar-refractivity contribution in [1.82, 2.24) is 15.5 Å². The van der Waals surface area contributed by atoms with Gasteiger partial charge in [-0.2, -0.15) is 8.42 Å². The zero-order chi connectivity index (χ0) is 23.3. The van der Waals surface area contributed by atoms with Crippen molar-refractivity contribution in [2.75, 3.05) is 10.0 Å². The van der Waals surface area contributed by atoms with Gasteiger partial charge < -0.3 is 5.32 Å². The Bertz CT molecular complexity index is 1230. The monoisotopic (exact) mass is 493 g/mol. The molecule has 0 aliphatic rings. The number of anilines is 2. The van der Waals surface area contributed by atoms with Gasteiger partial charge in [0.1, 0.15) is 0 Å². The van der Waals surface area contributed by atoms with Crippen molar-refractivity contribution in [3.8, 4) is 0 Å². The Morgan fingerprint density at radius 2 is 1.75 bits per heavy atom. The van der Waals surface area contributed by atoms with Crippen LogP contribution in [0.25, 0.3) is 0 Å². The van der Waals surface area contributed by atoms with E-state index in [1.54, 1.807) is 24.3 Å². The summed E-state index contributed by atoms with van der Waals surface area (Å²) < 4.78 is 27.6. The predicted octanol–water partition coefficient (Wildman–Crippen LogP) is 3.77. The van der Waals surface area contributed by atoms with Gasteiger partial charge >= 0.3 is 0 Å². The number of para-hydroxylation sites is 1. The van der Waals surface area contributed by atoms with Crippen LogP contribution in [-0.4, -0.2) is 36.5 Å². The van der Waals surface area contributed by atoms with Gasteiger partial charge in [-0.15, -0.1) is 10.2 Å². The lowest BCUT2D eigenvalue weighted by Crippen LogP contribution is -2.32. The molecule has 0 saturated heterocycles. The second kappa shape index (κ2) is 10.1. The first-order chi connectivity index (χ1) is 15.2. The van der Waals surface area contributed by atoms with Crippen LogP contribution < -0.4 is 15.4 Å². The Morgan fingerprint density at radius 3 is 2.44 bits per heavy atom. The number of nitrogens with zero attached hydrogens (tertiary/aromatic N) is 2. The molecule has 0 radical (unpaired) electrons. The molecule has 168 valence electrons. The number of aromatic nitrogens is 2. The standard InChI is InChI=1S/C20H20ClN5O4S2/c1-3-12(2)22-18(28)15-6-4-5-7-16(15)26-32(29,30)20-25-24-19(31-20)23-17(27)13-8-10-14(21)11-9-13/h4-12,26H,3H2,1-2H3,(H,22,28)(H,23,24,27). The largest absolute Gasteiger partial charge is 0.350 e. The Kier molecular flexibility index (Phi) is 7.44. The van der Waals surface area contributed by atoms with E-state index in [9.17, 15) is 18.0 Å². The molecule has 2 amide bonds. The summed E-state index contributed by atoms with van der Waals surface area (Å²) in [7, 11) is -4.14. The quantitative estimate of drug-likeness (QED) is 0.409. The van der Waals surface area contributed by atoms with Gasteiger partial charge in [0.05, 0.1) is 11.3 Å². The van der Waals surface area contributed by atoms with Crippen molar-refractivity contribution in [2.45, 2.75) is 30.6 Å². The lowest BCUT2D eigenvalue weighted by atomic mass is 10.1. The van der Waals surface area contributed by atoms with E-state index in [4.69, 9.17) is 11.6 Å². The summed E-state index contributed by atoms with van der Waals surface area (Å²) in [6.07, 6.45) is 0.731. The fourth-order valence-corrected chi connectivity index (χ4v) is 4.60. The summed E-state index contributed by atoms with van der Waals surface area (Å²) in [5.74, 6) is -0.882. The van der Waals surface area contributed by atoms with E-state index in [0.717, 1.165) is 6.42 Å². The molecular weight excluding hydrogens is 474 g/mol. The maximum absolute atomic E-state index is 12.8. The molecule has 1 heterocycles. The van der Waals surface area contributed by atoms with Crippen molar-refractivity contribution in [3.05, 3.63) is 64.7 Å². The second-order valence-corrected chi connectivity index (χ2v) is 10.0. The van der Waals surface area contributed by atoms with Crippen LogP contribution in [0.2, 0.25) is 5.02 Å². The van der Waals surface area contributed by atoms with E-state index in [-0.39, 0.29) is 26.8 Å². The highest BCUT2D eigenvalue weighted by Crippen LogP contribution is 2.25. The average molecular weight is 494 g/mol. The predicted molar refractivity (Wildman–Crippen MR) is 124 cm³/mol. The molecule has 0 saturated carbocycles. The highest BCUT2D eigenvalue weighted by atomic mass is 35.5. The van der Waals surface area contributed by atoms with E-state index in [1.165, 1.54) is 24.3 Å². The number of rotatable bonds is 8. The highest BCUT2D eigenvalue weighted by molar-refractivity contribution is 7.94. The summed E-state index contributed by atoms with van der Waals surface area (Å²) in [6.45, 7) is 3.78. The van der Waals surface area contributed by atoms with Crippen LogP contribution in [-0.2, 0) is 10.0 Å². The number of sulfonamides is 1. The van der Waals surface area contributed by atoms with Crippen LogP contribution >= 0.6 is 22.9 Å². The van der Waals surface area contributed by atoms with Gasteiger partial charge in [-0.25, -0.2) is 0 Å². The Balaban J connectivity index is 1.76. The van der Waals surface area contributed by atoms with Crippen LogP contribution in [0.15, 0.2) is 52.9 Å². The lowest BCUT2D eigenvalue weighted by Gasteiger charge is -2.14. The summed E-state index contributed by atoms with van der Waals surface area (Å²) in [5.41, 5.74) is 0.612.